The third-order valence-electron chi connectivity index (χ3n) is 3.82. The number of primary sulfonamides is 1. The fourth-order valence-corrected chi connectivity index (χ4v) is 4.45. The summed E-state index contributed by atoms with van der Waals surface area (Å²) in [5, 5.41) is 8.07. The lowest BCUT2D eigenvalue weighted by Crippen LogP contribution is -2.42. The van der Waals surface area contributed by atoms with Gasteiger partial charge in [-0.15, -0.1) is 11.3 Å². The second kappa shape index (κ2) is 5.68. The van der Waals surface area contributed by atoms with Crippen LogP contribution in [0.4, 0.5) is 0 Å². The van der Waals surface area contributed by atoms with Crippen LogP contribution in [0, 0.1) is 5.92 Å². The molecule has 2 atom stereocenters. The Morgan fingerprint density at radius 2 is 2.14 bits per heavy atom. The molecule has 1 amide bonds. The number of carbonyl (C=O) groups excluding carboxylic acids is 1. The summed E-state index contributed by atoms with van der Waals surface area (Å²) in [6.45, 7) is 0.695. The summed E-state index contributed by atoms with van der Waals surface area (Å²) in [7, 11) is -3.69. The lowest BCUT2D eigenvalue weighted by atomic mass is 10.1. The van der Waals surface area contributed by atoms with E-state index < -0.39 is 10.0 Å². The topological polar surface area (TPSA) is 98.5 Å². The molecule has 8 heteroatoms. The van der Waals surface area contributed by atoms with E-state index in [2.05, 4.69) is 5.32 Å². The van der Waals surface area contributed by atoms with E-state index in [1.165, 1.54) is 18.9 Å². The molecule has 0 bridgehead atoms. The largest absolute Gasteiger partial charge is 0.376 e. The van der Waals surface area contributed by atoms with Crippen LogP contribution in [0.3, 0.4) is 0 Å². The van der Waals surface area contributed by atoms with Crippen molar-refractivity contribution in [3.05, 3.63) is 17.0 Å². The number of nitrogens with one attached hydrogen (secondary N) is 1. The SMILES string of the molecule is NS(=O)(=O)c1ccc(CC(=O)NC2CCOC2C2CC2)s1. The van der Waals surface area contributed by atoms with Gasteiger partial charge in [-0.2, -0.15) is 0 Å². The van der Waals surface area contributed by atoms with E-state index >= 15 is 0 Å². The molecule has 1 aliphatic carbocycles. The van der Waals surface area contributed by atoms with Gasteiger partial charge in [-0.25, -0.2) is 13.6 Å². The van der Waals surface area contributed by atoms with E-state index in [9.17, 15) is 13.2 Å². The molecule has 6 nitrogen and oxygen atoms in total. The molecule has 1 aromatic rings. The van der Waals surface area contributed by atoms with E-state index in [1.807, 2.05) is 0 Å². The molecule has 116 valence electrons. The second-order valence-electron chi connectivity index (χ2n) is 5.58. The minimum Gasteiger partial charge on any atom is -0.376 e. The highest BCUT2D eigenvalue weighted by molar-refractivity contribution is 7.91. The molecular weight excluding hydrogens is 312 g/mol. The first-order valence-corrected chi connectivity index (χ1v) is 9.32. The molecule has 1 aliphatic heterocycles. The Labute approximate surface area is 127 Å². The minimum atomic E-state index is -3.69. The van der Waals surface area contributed by atoms with Gasteiger partial charge in [0.15, 0.2) is 0 Å². The van der Waals surface area contributed by atoms with Gasteiger partial charge in [0.2, 0.25) is 15.9 Å². The van der Waals surface area contributed by atoms with Crippen molar-refractivity contribution in [2.24, 2.45) is 11.1 Å². The van der Waals surface area contributed by atoms with Gasteiger partial charge < -0.3 is 10.1 Å². The summed E-state index contributed by atoms with van der Waals surface area (Å²) in [4.78, 5) is 12.8. The maximum Gasteiger partial charge on any atom is 0.247 e. The number of sulfonamides is 1. The van der Waals surface area contributed by atoms with Gasteiger partial charge >= 0.3 is 0 Å². The normalized spacial score (nSPS) is 26.0. The molecule has 0 aromatic carbocycles. The Morgan fingerprint density at radius 1 is 1.38 bits per heavy atom. The van der Waals surface area contributed by atoms with Crippen molar-refractivity contribution in [2.75, 3.05) is 6.61 Å². The molecule has 1 saturated carbocycles. The van der Waals surface area contributed by atoms with Gasteiger partial charge in [-0.1, -0.05) is 0 Å². The fourth-order valence-electron chi connectivity index (χ4n) is 2.68. The molecule has 3 rings (SSSR count). The number of carbonyl (C=O) groups is 1. The highest BCUT2D eigenvalue weighted by Crippen LogP contribution is 2.38. The molecule has 21 heavy (non-hydrogen) atoms. The Kier molecular flexibility index (Phi) is 4.04. The highest BCUT2D eigenvalue weighted by atomic mass is 32.2. The number of nitrogens with two attached hydrogens (primary N) is 1. The molecule has 1 aromatic heterocycles. The molecule has 0 spiro atoms. The number of hydrogen-bond donors (Lipinski definition) is 2. The maximum atomic E-state index is 12.1. The van der Waals surface area contributed by atoms with Crippen molar-refractivity contribution in [1.82, 2.24) is 5.32 Å². The molecule has 0 radical (unpaired) electrons. The Hall–Kier alpha value is -0.960. The summed E-state index contributed by atoms with van der Waals surface area (Å²) < 4.78 is 28.2. The molecule has 1 saturated heterocycles. The summed E-state index contributed by atoms with van der Waals surface area (Å²) in [5.74, 6) is 0.493. The van der Waals surface area contributed by atoms with Crippen LogP contribution in [-0.4, -0.2) is 33.1 Å². The summed E-state index contributed by atoms with van der Waals surface area (Å²) in [5.41, 5.74) is 0. The first-order chi connectivity index (χ1) is 9.93. The van der Waals surface area contributed by atoms with E-state index in [-0.39, 0.29) is 28.7 Å². The third kappa shape index (κ3) is 3.63. The summed E-state index contributed by atoms with van der Waals surface area (Å²) >= 11 is 1.04. The highest BCUT2D eigenvalue weighted by Gasteiger charge is 2.41. The van der Waals surface area contributed by atoms with E-state index in [1.54, 1.807) is 6.07 Å². The van der Waals surface area contributed by atoms with Crippen LogP contribution in [0.15, 0.2) is 16.3 Å². The number of hydrogen-bond acceptors (Lipinski definition) is 5. The number of amides is 1. The molecule has 2 heterocycles. The van der Waals surface area contributed by atoms with Crippen molar-refractivity contribution < 1.29 is 17.9 Å². The zero-order valence-corrected chi connectivity index (χ0v) is 13.1. The molecule has 3 N–H and O–H groups in total. The first kappa shape index (κ1) is 15.0. The predicted molar refractivity (Wildman–Crippen MR) is 78.4 cm³/mol. The van der Waals surface area contributed by atoms with E-state index in [0.717, 1.165) is 17.8 Å². The van der Waals surface area contributed by atoms with Crippen molar-refractivity contribution in [2.45, 2.75) is 42.0 Å². The smallest absolute Gasteiger partial charge is 0.247 e. The van der Waals surface area contributed by atoms with Crippen LogP contribution in [-0.2, 0) is 26.0 Å². The number of ether oxygens (including phenoxy) is 1. The van der Waals surface area contributed by atoms with Crippen LogP contribution < -0.4 is 10.5 Å². The molecule has 2 aliphatic rings. The number of rotatable bonds is 5. The van der Waals surface area contributed by atoms with Gasteiger partial charge in [0.1, 0.15) is 4.21 Å². The van der Waals surface area contributed by atoms with Crippen LogP contribution in [0.1, 0.15) is 24.1 Å². The van der Waals surface area contributed by atoms with Crippen LogP contribution >= 0.6 is 11.3 Å². The first-order valence-electron chi connectivity index (χ1n) is 6.96. The lowest BCUT2D eigenvalue weighted by Gasteiger charge is -2.19. The zero-order chi connectivity index (χ0) is 15.0. The average molecular weight is 330 g/mol. The Balaban J connectivity index is 1.57. The zero-order valence-electron chi connectivity index (χ0n) is 11.4. The van der Waals surface area contributed by atoms with Crippen LogP contribution in [0.25, 0.3) is 0 Å². The quantitative estimate of drug-likeness (QED) is 0.827. The number of thiophene rings is 1. The average Bonchev–Trinajstić information content (AvgIpc) is 2.94. The van der Waals surface area contributed by atoms with Crippen LogP contribution in [0.5, 0.6) is 0 Å². The predicted octanol–water partition coefficient (Wildman–Crippen LogP) is 0.622. The van der Waals surface area contributed by atoms with Crippen molar-refractivity contribution in [1.29, 1.82) is 0 Å². The third-order valence-corrected chi connectivity index (χ3v) is 6.34. The minimum absolute atomic E-state index is 0.0858. The second-order valence-corrected chi connectivity index (χ2v) is 8.53. The van der Waals surface area contributed by atoms with E-state index in [0.29, 0.717) is 17.4 Å². The fraction of sp³-hybridized carbons (Fsp3) is 0.615. The van der Waals surface area contributed by atoms with Gasteiger partial charge in [-0.3, -0.25) is 4.79 Å². The molecule has 2 unspecified atom stereocenters. The molecule has 2 fully saturated rings. The van der Waals surface area contributed by atoms with Gasteiger partial charge in [0.25, 0.3) is 0 Å². The van der Waals surface area contributed by atoms with Crippen molar-refractivity contribution >= 4 is 27.3 Å². The molecular formula is C13H18N2O4S2. The maximum absolute atomic E-state index is 12.1. The standard InChI is InChI=1S/C13H18N2O4S2/c14-21(17,18)12-4-3-9(20-12)7-11(16)15-10-5-6-19-13(10)8-1-2-8/h3-4,8,10,13H,1-2,5-7H2,(H,15,16)(H2,14,17,18). The van der Waals surface area contributed by atoms with Gasteiger partial charge in [0, 0.05) is 11.5 Å². The van der Waals surface area contributed by atoms with E-state index in [4.69, 9.17) is 9.88 Å². The van der Waals surface area contributed by atoms with Crippen LogP contribution in [0.2, 0.25) is 0 Å². The van der Waals surface area contributed by atoms with Gasteiger partial charge in [-0.05, 0) is 37.3 Å². The Bertz CT molecular complexity index is 636. The van der Waals surface area contributed by atoms with Crippen molar-refractivity contribution in [3.63, 3.8) is 0 Å². The Morgan fingerprint density at radius 3 is 2.76 bits per heavy atom. The summed E-state index contributed by atoms with van der Waals surface area (Å²) in [6, 6.07) is 3.16. The monoisotopic (exact) mass is 330 g/mol. The summed E-state index contributed by atoms with van der Waals surface area (Å²) in [6.07, 6.45) is 3.53. The lowest BCUT2D eigenvalue weighted by molar-refractivity contribution is -0.121. The van der Waals surface area contributed by atoms with Crippen molar-refractivity contribution in [3.8, 4) is 0 Å². The van der Waals surface area contributed by atoms with Gasteiger partial charge in [0.05, 0.1) is 18.6 Å².